The van der Waals surface area contributed by atoms with Gasteiger partial charge < -0.3 is 5.73 Å². The molecular formula is C12H22N4. The average molecular weight is 222 g/mol. The largest absolute Gasteiger partial charge is 0.319 e. The molecule has 0 saturated heterocycles. The SMILES string of the molecule is CCCC(C)(N)c1n[nH]c(C2CCCC2)n1. The van der Waals surface area contributed by atoms with Crippen molar-refractivity contribution in [2.24, 2.45) is 5.73 Å². The normalized spacial score (nSPS) is 21.2. The number of H-pyrrole nitrogens is 1. The predicted molar refractivity (Wildman–Crippen MR) is 64.0 cm³/mol. The number of nitrogens with one attached hydrogen (secondary N) is 1. The molecule has 1 aliphatic carbocycles. The van der Waals surface area contributed by atoms with Crippen LogP contribution >= 0.6 is 0 Å². The van der Waals surface area contributed by atoms with E-state index in [-0.39, 0.29) is 5.54 Å². The van der Waals surface area contributed by atoms with Crippen molar-refractivity contribution in [2.45, 2.75) is 63.8 Å². The molecule has 4 nitrogen and oxygen atoms in total. The smallest absolute Gasteiger partial charge is 0.170 e. The van der Waals surface area contributed by atoms with Crippen molar-refractivity contribution >= 4 is 0 Å². The second kappa shape index (κ2) is 4.53. The van der Waals surface area contributed by atoms with Crippen LogP contribution in [0.2, 0.25) is 0 Å². The molecule has 4 heteroatoms. The summed E-state index contributed by atoms with van der Waals surface area (Å²) in [6.45, 7) is 4.15. The van der Waals surface area contributed by atoms with Crippen LogP contribution in [0.1, 0.15) is 69.9 Å². The maximum Gasteiger partial charge on any atom is 0.170 e. The summed E-state index contributed by atoms with van der Waals surface area (Å²) in [6, 6.07) is 0. The van der Waals surface area contributed by atoms with Crippen LogP contribution in [-0.2, 0) is 5.54 Å². The Morgan fingerprint density at radius 2 is 2.12 bits per heavy atom. The first-order chi connectivity index (χ1) is 7.63. The predicted octanol–water partition coefficient (Wildman–Crippen LogP) is 2.44. The van der Waals surface area contributed by atoms with E-state index in [1.807, 2.05) is 6.92 Å². The highest BCUT2D eigenvalue weighted by Crippen LogP contribution is 2.32. The molecular weight excluding hydrogens is 200 g/mol. The monoisotopic (exact) mass is 222 g/mol. The van der Waals surface area contributed by atoms with Gasteiger partial charge in [0.25, 0.3) is 0 Å². The molecule has 1 fully saturated rings. The van der Waals surface area contributed by atoms with Gasteiger partial charge in [-0.2, -0.15) is 5.10 Å². The zero-order valence-corrected chi connectivity index (χ0v) is 10.3. The van der Waals surface area contributed by atoms with Gasteiger partial charge in [0.15, 0.2) is 5.82 Å². The van der Waals surface area contributed by atoms with Gasteiger partial charge in [0, 0.05) is 5.92 Å². The summed E-state index contributed by atoms with van der Waals surface area (Å²) >= 11 is 0. The minimum atomic E-state index is -0.387. The quantitative estimate of drug-likeness (QED) is 0.822. The Morgan fingerprint density at radius 3 is 2.75 bits per heavy atom. The third-order valence-corrected chi connectivity index (χ3v) is 3.52. The summed E-state index contributed by atoms with van der Waals surface area (Å²) in [4.78, 5) is 4.59. The molecule has 0 aliphatic heterocycles. The summed E-state index contributed by atoms with van der Waals surface area (Å²) in [5.41, 5.74) is 5.83. The topological polar surface area (TPSA) is 67.6 Å². The lowest BCUT2D eigenvalue weighted by Crippen LogP contribution is -2.34. The van der Waals surface area contributed by atoms with Gasteiger partial charge in [-0.25, -0.2) is 4.98 Å². The number of hydrogen-bond acceptors (Lipinski definition) is 3. The lowest BCUT2D eigenvalue weighted by molar-refractivity contribution is 0.420. The van der Waals surface area contributed by atoms with E-state index in [0.717, 1.165) is 24.5 Å². The van der Waals surface area contributed by atoms with E-state index in [2.05, 4.69) is 22.1 Å². The molecule has 90 valence electrons. The number of hydrogen-bond donors (Lipinski definition) is 2. The summed E-state index contributed by atoms with van der Waals surface area (Å²) in [6.07, 6.45) is 7.09. The Labute approximate surface area is 97.0 Å². The van der Waals surface area contributed by atoms with Gasteiger partial charge >= 0.3 is 0 Å². The van der Waals surface area contributed by atoms with E-state index in [4.69, 9.17) is 5.73 Å². The van der Waals surface area contributed by atoms with Crippen molar-refractivity contribution in [1.82, 2.24) is 15.2 Å². The minimum absolute atomic E-state index is 0.387. The summed E-state index contributed by atoms with van der Waals surface area (Å²) in [5.74, 6) is 2.40. The average Bonchev–Trinajstić information content (AvgIpc) is 2.89. The standard InChI is InChI=1S/C12H22N4/c1-3-8-12(2,13)11-14-10(15-16-11)9-6-4-5-7-9/h9H,3-8,13H2,1-2H3,(H,14,15,16). The Balaban J connectivity index is 2.12. The van der Waals surface area contributed by atoms with E-state index in [9.17, 15) is 0 Å². The third kappa shape index (κ3) is 2.26. The fraction of sp³-hybridized carbons (Fsp3) is 0.833. The maximum atomic E-state index is 6.22. The van der Waals surface area contributed by atoms with Crippen LogP contribution in [0.15, 0.2) is 0 Å². The molecule has 0 spiro atoms. The van der Waals surface area contributed by atoms with Gasteiger partial charge in [0.2, 0.25) is 0 Å². The molecule has 0 amide bonds. The van der Waals surface area contributed by atoms with E-state index in [1.165, 1.54) is 25.7 Å². The van der Waals surface area contributed by atoms with Gasteiger partial charge in [0.1, 0.15) is 5.82 Å². The number of nitrogens with zero attached hydrogens (tertiary/aromatic N) is 2. The van der Waals surface area contributed by atoms with Crippen LogP contribution in [0.3, 0.4) is 0 Å². The van der Waals surface area contributed by atoms with Crippen LogP contribution in [0, 0.1) is 0 Å². The molecule has 1 atom stereocenters. The molecule has 1 aliphatic rings. The highest BCUT2D eigenvalue weighted by atomic mass is 15.2. The number of nitrogens with two attached hydrogens (primary N) is 1. The van der Waals surface area contributed by atoms with E-state index in [1.54, 1.807) is 0 Å². The molecule has 1 heterocycles. The maximum absolute atomic E-state index is 6.22. The number of rotatable bonds is 4. The van der Waals surface area contributed by atoms with Gasteiger partial charge in [0.05, 0.1) is 5.54 Å². The van der Waals surface area contributed by atoms with Crippen LogP contribution in [0.25, 0.3) is 0 Å². The fourth-order valence-corrected chi connectivity index (χ4v) is 2.54. The van der Waals surface area contributed by atoms with Crippen molar-refractivity contribution in [3.8, 4) is 0 Å². The lowest BCUT2D eigenvalue weighted by atomic mass is 9.97. The molecule has 1 saturated carbocycles. The van der Waals surface area contributed by atoms with Crippen LogP contribution in [0.5, 0.6) is 0 Å². The van der Waals surface area contributed by atoms with Crippen LogP contribution in [-0.4, -0.2) is 15.2 Å². The third-order valence-electron chi connectivity index (χ3n) is 3.52. The number of aromatic nitrogens is 3. The van der Waals surface area contributed by atoms with Crippen molar-refractivity contribution < 1.29 is 0 Å². The Kier molecular flexibility index (Phi) is 3.28. The molecule has 1 aromatic heterocycles. The molecule has 0 bridgehead atoms. The molecule has 16 heavy (non-hydrogen) atoms. The fourth-order valence-electron chi connectivity index (χ4n) is 2.54. The first kappa shape index (κ1) is 11.6. The molecule has 3 N–H and O–H groups in total. The summed E-state index contributed by atoms with van der Waals surface area (Å²) in [5, 5.41) is 7.36. The lowest BCUT2D eigenvalue weighted by Gasteiger charge is -2.19. The Bertz CT molecular complexity index is 337. The highest BCUT2D eigenvalue weighted by molar-refractivity contribution is 5.06. The van der Waals surface area contributed by atoms with Gasteiger partial charge in [-0.15, -0.1) is 0 Å². The molecule has 2 rings (SSSR count). The summed E-state index contributed by atoms with van der Waals surface area (Å²) in [7, 11) is 0. The van der Waals surface area contributed by atoms with Gasteiger partial charge in [-0.1, -0.05) is 26.2 Å². The number of aromatic amines is 1. The second-order valence-electron chi connectivity index (χ2n) is 5.19. The van der Waals surface area contributed by atoms with Crippen molar-refractivity contribution in [3.05, 3.63) is 11.6 Å². The zero-order valence-electron chi connectivity index (χ0n) is 10.3. The second-order valence-corrected chi connectivity index (χ2v) is 5.19. The molecule has 1 unspecified atom stereocenters. The van der Waals surface area contributed by atoms with Gasteiger partial charge in [-0.05, 0) is 26.2 Å². The van der Waals surface area contributed by atoms with Crippen LogP contribution in [0.4, 0.5) is 0 Å². The molecule has 1 aromatic rings. The van der Waals surface area contributed by atoms with Crippen molar-refractivity contribution in [1.29, 1.82) is 0 Å². The zero-order chi connectivity index (χ0) is 11.6. The minimum Gasteiger partial charge on any atom is -0.319 e. The molecule has 0 radical (unpaired) electrons. The van der Waals surface area contributed by atoms with Gasteiger partial charge in [-0.3, -0.25) is 5.10 Å². The Hall–Kier alpha value is -0.900. The summed E-state index contributed by atoms with van der Waals surface area (Å²) < 4.78 is 0. The van der Waals surface area contributed by atoms with Crippen molar-refractivity contribution in [2.75, 3.05) is 0 Å². The highest BCUT2D eigenvalue weighted by Gasteiger charge is 2.27. The first-order valence-corrected chi connectivity index (χ1v) is 6.35. The first-order valence-electron chi connectivity index (χ1n) is 6.35. The Morgan fingerprint density at radius 1 is 1.44 bits per heavy atom. The van der Waals surface area contributed by atoms with Crippen molar-refractivity contribution in [3.63, 3.8) is 0 Å². The van der Waals surface area contributed by atoms with E-state index in [0.29, 0.717) is 5.92 Å². The molecule has 0 aromatic carbocycles. The van der Waals surface area contributed by atoms with E-state index < -0.39 is 0 Å². The van der Waals surface area contributed by atoms with E-state index >= 15 is 0 Å². The van der Waals surface area contributed by atoms with Crippen LogP contribution < -0.4 is 5.73 Å².